The lowest BCUT2D eigenvalue weighted by Crippen LogP contribution is -2.23. The molecule has 6 nitrogen and oxygen atoms in total. The van der Waals surface area contributed by atoms with Crippen LogP contribution < -0.4 is 15.4 Å². The van der Waals surface area contributed by atoms with Gasteiger partial charge >= 0.3 is 6.18 Å². The summed E-state index contributed by atoms with van der Waals surface area (Å²) in [7, 11) is 2.86. The van der Waals surface area contributed by atoms with Gasteiger partial charge < -0.3 is 20.1 Å². The van der Waals surface area contributed by atoms with Gasteiger partial charge in [0.15, 0.2) is 0 Å². The first kappa shape index (κ1) is 18.8. The van der Waals surface area contributed by atoms with Gasteiger partial charge in [-0.2, -0.15) is 13.2 Å². The van der Waals surface area contributed by atoms with E-state index in [0.29, 0.717) is 5.75 Å². The Balaban J connectivity index is 2.65. The lowest BCUT2D eigenvalue weighted by atomic mass is 10.1. The van der Waals surface area contributed by atoms with Crippen molar-refractivity contribution < 1.29 is 32.2 Å². The fraction of sp³-hybridized carbons (Fsp3) is 0.429. The summed E-state index contributed by atoms with van der Waals surface area (Å²) in [6.07, 6.45) is -4.70. The predicted octanol–water partition coefficient (Wildman–Crippen LogP) is 1.96. The number of nitrogens with one attached hydrogen (secondary N) is 2. The average Bonchev–Trinajstić information content (AvgIpc) is 2.50. The maximum atomic E-state index is 11.9. The van der Waals surface area contributed by atoms with Crippen LogP contribution in [-0.2, 0) is 9.53 Å². The van der Waals surface area contributed by atoms with Crippen LogP contribution in [0.1, 0.15) is 16.8 Å². The Labute approximate surface area is 130 Å². The highest BCUT2D eigenvalue weighted by molar-refractivity contribution is 6.04. The predicted molar refractivity (Wildman–Crippen MR) is 76.5 cm³/mol. The lowest BCUT2D eigenvalue weighted by molar-refractivity contribution is -0.174. The van der Waals surface area contributed by atoms with Crippen LogP contribution in [0.5, 0.6) is 5.75 Å². The number of hydrogen-bond acceptors (Lipinski definition) is 4. The second-order valence-corrected chi connectivity index (χ2v) is 4.46. The molecule has 23 heavy (non-hydrogen) atoms. The number of anilines is 1. The van der Waals surface area contributed by atoms with Crippen molar-refractivity contribution in [2.75, 3.05) is 32.7 Å². The van der Waals surface area contributed by atoms with E-state index in [4.69, 9.17) is 4.74 Å². The van der Waals surface area contributed by atoms with Gasteiger partial charge in [-0.3, -0.25) is 9.59 Å². The van der Waals surface area contributed by atoms with Gasteiger partial charge in [-0.1, -0.05) is 0 Å². The number of hydrogen-bond donors (Lipinski definition) is 2. The highest BCUT2D eigenvalue weighted by Crippen LogP contribution is 2.22. The third kappa shape index (κ3) is 6.55. The molecule has 0 radical (unpaired) electrons. The molecule has 2 amide bonds. The van der Waals surface area contributed by atoms with Crippen molar-refractivity contribution in [3.8, 4) is 5.75 Å². The molecular weight excluding hydrogens is 317 g/mol. The maximum Gasteiger partial charge on any atom is 0.411 e. The van der Waals surface area contributed by atoms with Crippen LogP contribution in [0, 0.1) is 0 Å². The molecule has 0 saturated carbocycles. The molecule has 0 bridgehead atoms. The number of alkyl halides is 3. The Bertz CT molecular complexity index is 561. The van der Waals surface area contributed by atoms with E-state index >= 15 is 0 Å². The Kier molecular flexibility index (Phi) is 6.83. The minimum absolute atomic E-state index is 0.177. The average molecular weight is 334 g/mol. The van der Waals surface area contributed by atoms with E-state index < -0.39 is 24.6 Å². The summed E-state index contributed by atoms with van der Waals surface area (Å²) >= 11 is 0. The smallest absolute Gasteiger partial charge is 0.411 e. The molecule has 1 rings (SSSR count). The van der Waals surface area contributed by atoms with Crippen molar-refractivity contribution in [1.82, 2.24) is 5.32 Å². The number of ether oxygens (including phenoxy) is 2. The molecule has 0 unspecified atom stereocenters. The molecule has 0 aliphatic rings. The molecule has 0 aliphatic carbocycles. The van der Waals surface area contributed by atoms with Crippen LogP contribution in [0.3, 0.4) is 0 Å². The van der Waals surface area contributed by atoms with Gasteiger partial charge in [0.05, 0.1) is 31.4 Å². The minimum Gasteiger partial charge on any atom is -0.497 e. The van der Waals surface area contributed by atoms with Crippen molar-refractivity contribution in [2.45, 2.75) is 12.6 Å². The fourth-order valence-electron chi connectivity index (χ4n) is 1.65. The Morgan fingerprint density at radius 3 is 2.52 bits per heavy atom. The largest absolute Gasteiger partial charge is 0.497 e. The number of rotatable bonds is 7. The molecule has 128 valence electrons. The van der Waals surface area contributed by atoms with Gasteiger partial charge in [0.25, 0.3) is 5.91 Å². The summed E-state index contributed by atoms with van der Waals surface area (Å²) in [6.45, 7) is -1.79. The van der Waals surface area contributed by atoms with Crippen LogP contribution in [-0.4, -0.2) is 45.4 Å². The zero-order valence-corrected chi connectivity index (χ0v) is 12.6. The Hall–Kier alpha value is -2.29. The van der Waals surface area contributed by atoms with Gasteiger partial charge in [-0.05, 0) is 18.2 Å². The van der Waals surface area contributed by atoms with Gasteiger partial charge in [0.1, 0.15) is 12.4 Å². The topological polar surface area (TPSA) is 76.7 Å². The summed E-state index contributed by atoms with van der Waals surface area (Å²) in [5.41, 5.74) is 0.405. The Morgan fingerprint density at radius 1 is 1.26 bits per heavy atom. The first-order valence-electron chi connectivity index (χ1n) is 6.61. The van der Waals surface area contributed by atoms with Gasteiger partial charge in [-0.25, -0.2) is 0 Å². The molecule has 0 aliphatic heterocycles. The monoisotopic (exact) mass is 334 g/mol. The highest BCUT2D eigenvalue weighted by atomic mass is 19.4. The molecule has 0 spiro atoms. The third-order valence-electron chi connectivity index (χ3n) is 2.71. The molecule has 0 fully saturated rings. The zero-order chi connectivity index (χ0) is 17.5. The number of halogens is 3. The summed E-state index contributed by atoms with van der Waals surface area (Å²) in [6, 6.07) is 4.45. The molecule has 2 N–H and O–H groups in total. The molecule has 0 heterocycles. The molecule has 0 saturated heterocycles. The second-order valence-electron chi connectivity index (χ2n) is 4.46. The highest BCUT2D eigenvalue weighted by Gasteiger charge is 2.27. The van der Waals surface area contributed by atoms with Crippen molar-refractivity contribution in [3.05, 3.63) is 23.8 Å². The number of benzene rings is 1. The lowest BCUT2D eigenvalue weighted by Gasteiger charge is -2.12. The summed E-state index contributed by atoms with van der Waals surface area (Å²) < 4.78 is 45.0. The van der Waals surface area contributed by atoms with Crippen LogP contribution in [0.25, 0.3) is 0 Å². The summed E-state index contributed by atoms with van der Waals surface area (Å²) in [5.74, 6) is -0.579. The molecule has 1 aromatic carbocycles. The third-order valence-corrected chi connectivity index (χ3v) is 2.71. The van der Waals surface area contributed by atoms with Crippen molar-refractivity contribution in [2.24, 2.45) is 0 Å². The number of amides is 2. The van der Waals surface area contributed by atoms with E-state index in [1.54, 1.807) is 6.07 Å². The fourth-order valence-corrected chi connectivity index (χ4v) is 1.65. The standard InChI is InChI=1S/C14H17F3N2O4/c1-18-13(21)10-7-9(22-2)3-4-11(10)19-12(20)5-6-23-8-14(15,16)17/h3-4,7H,5-6,8H2,1-2H3,(H,18,21)(H,19,20). The normalized spacial score (nSPS) is 11.0. The van der Waals surface area contributed by atoms with Crippen molar-refractivity contribution >= 4 is 17.5 Å². The summed E-state index contributed by atoms with van der Waals surface area (Å²) in [5, 5.41) is 4.88. The quantitative estimate of drug-likeness (QED) is 0.748. The summed E-state index contributed by atoms with van der Waals surface area (Å²) in [4.78, 5) is 23.5. The number of carbonyl (C=O) groups is 2. The van der Waals surface area contributed by atoms with Crippen LogP contribution in [0.4, 0.5) is 18.9 Å². The first-order valence-corrected chi connectivity index (χ1v) is 6.61. The van der Waals surface area contributed by atoms with E-state index in [2.05, 4.69) is 15.4 Å². The Morgan fingerprint density at radius 2 is 1.96 bits per heavy atom. The number of carbonyl (C=O) groups excluding carboxylic acids is 2. The van der Waals surface area contributed by atoms with E-state index in [1.807, 2.05) is 0 Å². The minimum atomic E-state index is -4.43. The van der Waals surface area contributed by atoms with Crippen molar-refractivity contribution in [3.63, 3.8) is 0 Å². The van der Waals surface area contributed by atoms with Gasteiger partial charge in [0, 0.05) is 7.05 Å². The molecule has 0 atom stereocenters. The van der Waals surface area contributed by atoms with Crippen LogP contribution >= 0.6 is 0 Å². The molecule has 0 aromatic heterocycles. The first-order chi connectivity index (χ1) is 10.8. The zero-order valence-electron chi connectivity index (χ0n) is 12.6. The maximum absolute atomic E-state index is 11.9. The van der Waals surface area contributed by atoms with Crippen LogP contribution in [0.15, 0.2) is 18.2 Å². The van der Waals surface area contributed by atoms with Gasteiger partial charge in [-0.15, -0.1) is 0 Å². The molecule has 1 aromatic rings. The van der Waals surface area contributed by atoms with E-state index in [1.165, 1.54) is 26.3 Å². The van der Waals surface area contributed by atoms with E-state index in [0.717, 1.165) is 0 Å². The number of methoxy groups -OCH3 is 1. The van der Waals surface area contributed by atoms with Crippen molar-refractivity contribution in [1.29, 1.82) is 0 Å². The van der Waals surface area contributed by atoms with Gasteiger partial charge in [0.2, 0.25) is 5.91 Å². The van der Waals surface area contributed by atoms with Crippen LogP contribution in [0.2, 0.25) is 0 Å². The van der Waals surface area contributed by atoms with E-state index in [-0.39, 0.29) is 24.3 Å². The second kappa shape index (κ2) is 8.37. The molecule has 9 heteroatoms. The SMILES string of the molecule is CNC(=O)c1cc(OC)ccc1NC(=O)CCOCC(F)(F)F. The molecular formula is C14H17F3N2O4. The van der Waals surface area contributed by atoms with E-state index in [9.17, 15) is 22.8 Å².